The SMILES string of the molecule is COCc1cc(NC[C@@H](O)c2ccc3ccccc3c2)n2ncnc2n1. The number of benzene rings is 2. The van der Waals surface area contributed by atoms with E-state index in [-0.39, 0.29) is 0 Å². The molecule has 4 aromatic rings. The van der Waals surface area contributed by atoms with Gasteiger partial charge in [-0.15, -0.1) is 0 Å². The average Bonchev–Trinajstić information content (AvgIpc) is 3.14. The third-order valence-electron chi connectivity index (χ3n) is 4.23. The number of aliphatic hydroxyl groups excluding tert-OH is 1. The Labute approximate surface area is 150 Å². The summed E-state index contributed by atoms with van der Waals surface area (Å²) in [5.74, 6) is 1.20. The molecule has 132 valence electrons. The fourth-order valence-corrected chi connectivity index (χ4v) is 2.94. The van der Waals surface area contributed by atoms with Crippen molar-refractivity contribution in [2.75, 3.05) is 19.0 Å². The van der Waals surface area contributed by atoms with Crippen LogP contribution in [-0.2, 0) is 11.3 Å². The Morgan fingerprint density at radius 2 is 2.00 bits per heavy atom. The summed E-state index contributed by atoms with van der Waals surface area (Å²) in [5.41, 5.74) is 1.60. The lowest BCUT2D eigenvalue weighted by molar-refractivity contribution is 0.181. The first-order valence-corrected chi connectivity index (χ1v) is 8.34. The van der Waals surface area contributed by atoms with Gasteiger partial charge in [-0.1, -0.05) is 36.4 Å². The molecule has 0 aliphatic carbocycles. The van der Waals surface area contributed by atoms with Crippen molar-refractivity contribution in [2.45, 2.75) is 12.7 Å². The van der Waals surface area contributed by atoms with E-state index in [1.807, 2.05) is 42.5 Å². The van der Waals surface area contributed by atoms with Gasteiger partial charge in [0.25, 0.3) is 5.78 Å². The smallest absolute Gasteiger partial charge is 0.254 e. The highest BCUT2D eigenvalue weighted by Gasteiger charge is 2.11. The predicted molar refractivity (Wildman–Crippen MR) is 98.9 cm³/mol. The average molecular weight is 349 g/mol. The lowest BCUT2D eigenvalue weighted by Gasteiger charge is -2.15. The molecule has 0 bridgehead atoms. The minimum atomic E-state index is -0.655. The number of hydrogen-bond donors (Lipinski definition) is 2. The highest BCUT2D eigenvalue weighted by Crippen LogP contribution is 2.21. The molecule has 26 heavy (non-hydrogen) atoms. The second-order valence-corrected chi connectivity index (χ2v) is 6.04. The molecule has 0 spiro atoms. The summed E-state index contributed by atoms with van der Waals surface area (Å²) in [6.45, 7) is 0.717. The number of nitrogens with zero attached hydrogens (tertiary/aromatic N) is 4. The van der Waals surface area contributed by atoms with Gasteiger partial charge < -0.3 is 15.2 Å². The molecule has 7 nitrogen and oxygen atoms in total. The number of nitrogens with one attached hydrogen (secondary N) is 1. The Balaban J connectivity index is 1.55. The van der Waals surface area contributed by atoms with Crippen LogP contribution in [0.5, 0.6) is 0 Å². The maximum atomic E-state index is 10.6. The van der Waals surface area contributed by atoms with E-state index in [1.165, 1.54) is 6.33 Å². The number of aliphatic hydroxyl groups is 1. The molecule has 0 saturated carbocycles. The van der Waals surface area contributed by atoms with Gasteiger partial charge in [-0.3, -0.25) is 0 Å². The third-order valence-corrected chi connectivity index (χ3v) is 4.23. The lowest BCUT2D eigenvalue weighted by atomic mass is 10.0. The van der Waals surface area contributed by atoms with Crippen LogP contribution in [0.2, 0.25) is 0 Å². The van der Waals surface area contributed by atoms with Crippen LogP contribution in [0.25, 0.3) is 16.6 Å². The molecule has 0 aliphatic rings. The number of anilines is 1. The molecule has 2 aromatic heterocycles. The van der Waals surface area contributed by atoms with E-state index in [0.717, 1.165) is 22.0 Å². The van der Waals surface area contributed by atoms with Crippen LogP contribution in [0.3, 0.4) is 0 Å². The largest absolute Gasteiger partial charge is 0.387 e. The van der Waals surface area contributed by atoms with Crippen LogP contribution in [0.15, 0.2) is 54.9 Å². The third kappa shape index (κ3) is 3.22. The molecule has 4 rings (SSSR count). The first-order valence-electron chi connectivity index (χ1n) is 8.34. The Morgan fingerprint density at radius 3 is 2.85 bits per heavy atom. The van der Waals surface area contributed by atoms with E-state index in [4.69, 9.17) is 4.74 Å². The van der Waals surface area contributed by atoms with Gasteiger partial charge in [0.1, 0.15) is 12.1 Å². The van der Waals surface area contributed by atoms with Crippen molar-refractivity contribution in [3.05, 3.63) is 66.1 Å². The van der Waals surface area contributed by atoms with E-state index in [2.05, 4.69) is 26.4 Å². The molecule has 2 N–H and O–H groups in total. The van der Waals surface area contributed by atoms with Crippen molar-refractivity contribution in [2.24, 2.45) is 0 Å². The van der Waals surface area contributed by atoms with Crippen LogP contribution in [0.1, 0.15) is 17.4 Å². The normalized spacial score (nSPS) is 12.5. The van der Waals surface area contributed by atoms with Crippen molar-refractivity contribution >= 4 is 22.4 Å². The van der Waals surface area contributed by atoms with Crippen LogP contribution in [0, 0.1) is 0 Å². The monoisotopic (exact) mass is 349 g/mol. The van der Waals surface area contributed by atoms with Crippen molar-refractivity contribution in [3.8, 4) is 0 Å². The first-order chi connectivity index (χ1) is 12.7. The number of methoxy groups -OCH3 is 1. The van der Waals surface area contributed by atoms with E-state index >= 15 is 0 Å². The fraction of sp³-hybridized carbons (Fsp3) is 0.211. The minimum absolute atomic E-state index is 0.337. The molecule has 0 aliphatic heterocycles. The molecule has 7 heteroatoms. The number of fused-ring (bicyclic) bond motifs is 2. The molecule has 0 fully saturated rings. The summed E-state index contributed by atoms with van der Waals surface area (Å²) in [6, 6.07) is 15.9. The Morgan fingerprint density at radius 1 is 1.15 bits per heavy atom. The lowest BCUT2D eigenvalue weighted by Crippen LogP contribution is -2.15. The van der Waals surface area contributed by atoms with Gasteiger partial charge in [-0.2, -0.15) is 14.6 Å². The van der Waals surface area contributed by atoms with E-state index in [0.29, 0.717) is 24.7 Å². The van der Waals surface area contributed by atoms with Gasteiger partial charge in [0.05, 0.1) is 18.4 Å². The van der Waals surface area contributed by atoms with Crippen molar-refractivity contribution in [1.29, 1.82) is 0 Å². The Hall–Kier alpha value is -3.03. The van der Waals surface area contributed by atoms with Gasteiger partial charge in [-0.05, 0) is 22.4 Å². The van der Waals surface area contributed by atoms with Crippen LogP contribution in [-0.4, -0.2) is 38.3 Å². The zero-order valence-electron chi connectivity index (χ0n) is 14.3. The highest BCUT2D eigenvalue weighted by atomic mass is 16.5. The predicted octanol–water partition coefficient (Wildman–Crippen LogP) is 2.57. The topological polar surface area (TPSA) is 84.6 Å². The van der Waals surface area contributed by atoms with Crippen molar-refractivity contribution in [1.82, 2.24) is 19.6 Å². The number of aromatic nitrogens is 4. The van der Waals surface area contributed by atoms with Crippen molar-refractivity contribution < 1.29 is 9.84 Å². The van der Waals surface area contributed by atoms with Gasteiger partial charge in [0.2, 0.25) is 0 Å². The molecule has 0 amide bonds. The molecule has 0 radical (unpaired) electrons. The Bertz CT molecular complexity index is 1050. The molecule has 0 unspecified atom stereocenters. The summed E-state index contributed by atoms with van der Waals surface area (Å²) in [4.78, 5) is 8.49. The second kappa shape index (κ2) is 7.07. The number of ether oxygens (including phenoxy) is 1. The fourth-order valence-electron chi connectivity index (χ4n) is 2.94. The molecular weight excluding hydrogens is 330 g/mol. The minimum Gasteiger partial charge on any atom is -0.387 e. The second-order valence-electron chi connectivity index (χ2n) is 6.04. The molecule has 0 saturated heterocycles. The van der Waals surface area contributed by atoms with Crippen LogP contribution < -0.4 is 5.32 Å². The summed E-state index contributed by atoms with van der Waals surface area (Å²) < 4.78 is 6.75. The highest BCUT2D eigenvalue weighted by molar-refractivity contribution is 5.83. The van der Waals surface area contributed by atoms with E-state index < -0.39 is 6.10 Å². The quantitative estimate of drug-likeness (QED) is 0.556. The zero-order valence-corrected chi connectivity index (χ0v) is 14.3. The van der Waals surface area contributed by atoms with Crippen molar-refractivity contribution in [3.63, 3.8) is 0 Å². The van der Waals surface area contributed by atoms with Crippen LogP contribution >= 0.6 is 0 Å². The molecule has 2 aromatic carbocycles. The van der Waals surface area contributed by atoms with Gasteiger partial charge >= 0.3 is 0 Å². The molecule has 1 atom stereocenters. The first kappa shape index (κ1) is 16.4. The summed E-state index contributed by atoms with van der Waals surface area (Å²) in [6.07, 6.45) is 0.793. The van der Waals surface area contributed by atoms with Crippen LogP contribution in [0.4, 0.5) is 5.82 Å². The van der Waals surface area contributed by atoms with E-state index in [1.54, 1.807) is 11.6 Å². The van der Waals surface area contributed by atoms with Gasteiger partial charge in [-0.25, -0.2) is 4.98 Å². The number of hydrogen-bond acceptors (Lipinski definition) is 6. The van der Waals surface area contributed by atoms with E-state index in [9.17, 15) is 5.11 Å². The maximum Gasteiger partial charge on any atom is 0.254 e. The number of rotatable bonds is 6. The zero-order chi connectivity index (χ0) is 17.9. The van der Waals surface area contributed by atoms with Gasteiger partial charge in [0, 0.05) is 19.7 Å². The summed E-state index contributed by atoms with van der Waals surface area (Å²) in [5, 5.41) is 20.2. The summed E-state index contributed by atoms with van der Waals surface area (Å²) >= 11 is 0. The maximum absolute atomic E-state index is 10.6. The summed E-state index contributed by atoms with van der Waals surface area (Å²) in [7, 11) is 1.62. The molecule has 2 heterocycles. The van der Waals surface area contributed by atoms with Gasteiger partial charge in [0.15, 0.2) is 0 Å². The molecular formula is C19H19N5O2. The standard InChI is InChI=1S/C19H19N5O2/c1-26-11-16-9-18(24-19(23-16)21-12-22-24)20-10-17(25)15-7-6-13-4-2-3-5-14(13)8-15/h2-9,12,17,20,25H,10-11H2,1H3/t17-/m1/s1. The Kier molecular flexibility index (Phi) is 4.47.